The van der Waals surface area contributed by atoms with Crippen molar-refractivity contribution in [3.8, 4) is 0 Å². The maximum Gasteiger partial charge on any atom is 0.340 e. The molecule has 3 heterocycles. The van der Waals surface area contributed by atoms with E-state index in [-0.39, 0.29) is 6.61 Å². The molecule has 1 N–H and O–H groups in total. The van der Waals surface area contributed by atoms with Gasteiger partial charge in [0.05, 0.1) is 11.1 Å². The Morgan fingerprint density at radius 3 is 3.00 bits per heavy atom. The third kappa shape index (κ3) is 3.08. The van der Waals surface area contributed by atoms with Crippen LogP contribution in [-0.2, 0) is 11.3 Å². The average molecular weight is 347 g/mol. The van der Waals surface area contributed by atoms with E-state index in [4.69, 9.17) is 4.74 Å². The van der Waals surface area contributed by atoms with Crippen molar-refractivity contribution in [2.45, 2.75) is 13.5 Å². The molecule has 106 valence electrons. The van der Waals surface area contributed by atoms with Crippen LogP contribution in [0.3, 0.4) is 0 Å². The van der Waals surface area contributed by atoms with Crippen LogP contribution in [0, 0.1) is 6.92 Å². The van der Waals surface area contributed by atoms with Gasteiger partial charge in [-0.05, 0) is 40.5 Å². The Kier molecular flexibility index (Phi) is 3.66. The van der Waals surface area contributed by atoms with E-state index in [9.17, 15) is 4.79 Å². The molecule has 0 atom stereocenters. The van der Waals surface area contributed by atoms with Gasteiger partial charge in [0.1, 0.15) is 12.4 Å². The number of aryl methyl sites for hydroxylation is 1. The van der Waals surface area contributed by atoms with E-state index in [0.29, 0.717) is 17.0 Å². The summed E-state index contributed by atoms with van der Waals surface area (Å²) in [7, 11) is 0. The molecule has 0 radical (unpaired) electrons. The van der Waals surface area contributed by atoms with Crippen molar-refractivity contribution in [1.82, 2.24) is 19.9 Å². The highest BCUT2D eigenvalue weighted by Crippen LogP contribution is 2.15. The molecule has 7 heteroatoms. The lowest BCUT2D eigenvalue weighted by Crippen LogP contribution is -2.06. The zero-order chi connectivity index (χ0) is 14.8. The van der Waals surface area contributed by atoms with E-state index in [1.165, 1.54) is 6.20 Å². The summed E-state index contributed by atoms with van der Waals surface area (Å²) in [4.78, 5) is 27.4. The van der Waals surface area contributed by atoms with E-state index < -0.39 is 5.97 Å². The van der Waals surface area contributed by atoms with Gasteiger partial charge in [-0.15, -0.1) is 0 Å². The molecule has 0 aromatic carbocycles. The monoisotopic (exact) mass is 346 g/mol. The third-order valence-corrected chi connectivity index (χ3v) is 3.24. The summed E-state index contributed by atoms with van der Waals surface area (Å²) in [5, 5.41) is 0. The Morgan fingerprint density at radius 2 is 2.19 bits per heavy atom. The standard InChI is InChI=1S/C14H11BrN4O2/c1-8-2-9(5-16-4-8)14(20)21-7-12-18-11-3-10(15)6-17-13(11)19-12/h2-6H,7H2,1H3,(H,17,18,19). The van der Waals surface area contributed by atoms with E-state index in [0.717, 1.165) is 15.6 Å². The molecule has 3 aromatic heterocycles. The maximum absolute atomic E-state index is 11.9. The van der Waals surface area contributed by atoms with Crippen LogP contribution in [-0.4, -0.2) is 25.9 Å². The quantitative estimate of drug-likeness (QED) is 0.737. The van der Waals surface area contributed by atoms with E-state index in [1.54, 1.807) is 18.5 Å². The molecule has 6 nitrogen and oxygen atoms in total. The van der Waals surface area contributed by atoms with Gasteiger partial charge in [0.25, 0.3) is 0 Å². The predicted molar refractivity (Wildman–Crippen MR) is 79.7 cm³/mol. The first-order chi connectivity index (χ1) is 10.1. The van der Waals surface area contributed by atoms with Crippen LogP contribution in [0.15, 0.2) is 35.2 Å². The molecule has 0 spiro atoms. The number of aromatic amines is 1. The van der Waals surface area contributed by atoms with Crippen LogP contribution < -0.4 is 0 Å². The molecular formula is C14H11BrN4O2. The Labute approximate surface area is 128 Å². The minimum Gasteiger partial charge on any atom is -0.454 e. The second-order valence-corrected chi connectivity index (χ2v) is 5.45. The van der Waals surface area contributed by atoms with Crippen LogP contribution in [0.1, 0.15) is 21.7 Å². The number of H-pyrrole nitrogens is 1. The van der Waals surface area contributed by atoms with Crippen LogP contribution in [0.2, 0.25) is 0 Å². The molecule has 0 saturated carbocycles. The number of rotatable bonds is 3. The number of carbonyl (C=O) groups is 1. The maximum atomic E-state index is 11.9. The fourth-order valence-corrected chi connectivity index (χ4v) is 2.21. The zero-order valence-electron chi connectivity index (χ0n) is 11.1. The van der Waals surface area contributed by atoms with Gasteiger partial charge < -0.3 is 9.72 Å². The number of halogens is 1. The molecule has 0 aliphatic rings. The topological polar surface area (TPSA) is 80.8 Å². The van der Waals surface area contributed by atoms with Crippen molar-refractivity contribution in [1.29, 1.82) is 0 Å². The number of imidazole rings is 1. The number of hydrogen-bond donors (Lipinski definition) is 1. The molecule has 0 unspecified atom stereocenters. The van der Waals surface area contributed by atoms with E-state index in [1.807, 2.05) is 13.0 Å². The Hall–Kier alpha value is -2.28. The number of carbonyl (C=O) groups excluding carboxylic acids is 1. The van der Waals surface area contributed by atoms with Gasteiger partial charge in [0.15, 0.2) is 5.65 Å². The highest BCUT2D eigenvalue weighted by molar-refractivity contribution is 9.10. The number of fused-ring (bicyclic) bond motifs is 1. The number of aromatic nitrogens is 4. The normalized spacial score (nSPS) is 10.8. The summed E-state index contributed by atoms with van der Waals surface area (Å²) < 4.78 is 6.07. The third-order valence-electron chi connectivity index (χ3n) is 2.80. The Bertz CT molecular complexity index is 816. The lowest BCUT2D eigenvalue weighted by atomic mass is 10.2. The van der Waals surface area contributed by atoms with Crippen LogP contribution in [0.25, 0.3) is 11.2 Å². The molecule has 3 rings (SSSR count). The number of pyridine rings is 2. The number of ether oxygens (including phenoxy) is 1. The number of nitrogens with one attached hydrogen (secondary N) is 1. The second kappa shape index (κ2) is 5.61. The van der Waals surface area contributed by atoms with Crippen LogP contribution in [0.5, 0.6) is 0 Å². The minimum atomic E-state index is -0.430. The molecule has 3 aromatic rings. The largest absolute Gasteiger partial charge is 0.454 e. The Balaban J connectivity index is 1.72. The van der Waals surface area contributed by atoms with Crippen molar-refractivity contribution >= 4 is 33.1 Å². The lowest BCUT2D eigenvalue weighted by Gasteiger charge is -2.02. The fourth-order valence-electron chi connectivity index (χ4n) is 1.88. The molecule has 21 heavy (non-hydrogen) atoms. The fraction of sp³-hybridized carbons (Fsp3) is 0.143. The van der Waals surface area contributed by atoms with Crippen molar-refractivity contribution in [2.24, 2.45) is 0 Å². The molecule has 0 bridgehead atoms. The summed E-state index contributed by atoms with van der Waals surface area (Å²) in [5.74, 6) is 0.116. The highest BCUT2D eigenvalue weighted by Gasteiger charge is 2.10. The molecule has 0 amide bonds. The number of nitrogens with zero attached hydrogens (tertiary/aromatic N) is 3. The van der Waals surface area contributed by atoms with Gasteiger partial charge in [-0.1, -0.05) is 0 Å². The van der Waals surface area contributed by atoms with Gasteiger partial charge >= 0.3 is 5.97 Å². The van der Waals surface area contributed by atoms with Crippen LogP contribution in [0.4, 0.5) is 0 Å². The van der Waals surface area contributed by atoms with Gasteiger partial charge in [0.2, 0.25) is 0 Å². The first-order valence-electron chi connectivity index (χ1n) is 6.21. The predicted octanol–water partition coefficient (Wildman–Crippen LogP) is 2.78. The van der Waals surface area contributed by atoms with Crippen molar-refractivity contribution < 1.29 is 9.53 Å². The SMILES string of the molecule is Cc1cncc(C(=O)OCc2nc3ncc(Br)cc3[nH]2)c1. The van der Waals surface area contributed by atoms with Crippen molar-refractivity contribution in [3.05, 3.63) is 52.1 Å². The summed E-state index contributed by atoms with van der Waals surface area (Å²) in [5.41, 5.74) is 2.70. The first-order valence-corrected chi connectivity index (χ1v) is 7.00. The Morgan fingerprint density at radius 1 is 1.33 bits per heavy atom. The van der Waals surface area contributed by atoms with Crippen molar-refractivity contribution in [3.63, 3.8) is 0 Å². The molecule has 0 saturated heterocycles. The number of hydrogen-bond acceptors (Lipinski definition) is 5. The lowest BCUT2D eigenvalue weighted by molar-refractivity contribution is 0.0463. The molecule has 0 fully saturated rings. The first kappa shape index (κ1) is 13.7. The summed E-state index contributed by atoms with van der Waals surface area (Å²) in [6.07, 6.45) is 4.82. The second-order valence-electron chi connectivity index (χ2n) is 4.54. The summed E-state index contributed by atoms with van der Waals surface area (Å²) >= 11 is 3.34. The number of esters is 1. The summed E-state index contributed by atoms with van der Waals surface area (Å²) in [6, 6.07) is 3.60. The van der Waals surface area contributed by atoms with Gasteiger partial charge in [-0.3, -0.25) is 4.98 Å². The van der Waals surface area contributed by atoms with E-state index >= 15 is 0 Å². The van der Waals surface area contributed by atoms with Gasteiger partial charge in [-0.2, -0.15) is 0 Å². The van der Waals surface area contributed by atoms with Crippen LogP contribution >= 0.6 is 15.9 Å². The zero-order valence-corrected chi connectivity index (χ0v) is 12.7. The molecular weight excluding hydrogens is 336 g/mol. The summed E-state index contributed by atoms with van der Waals surface area (Å²) in [6.45, 7) is 1.92. The van der Waals surface area contributed by atoms with Gasteiger partial charge in [-0.25, -0.2) is 14.8 Å². The smallest absolute Gasteiger partial charge is 0.340 e. The van der Waals surface area contributed by atoms with E-state index in [2.05, 4.69) is 35.9 Å². The molecule has 0 aliphatic carbocycles. The molecule has 0 aliphatic heterocycles. The highest BCUT2D eigenvalue weighted by atomic mass is 79.9. The average Bonchev–Trinajstić information content (AvgIpc) is 2.86. The van der Waals surface area contributed by atoms with Gasteiger partial charge in [0, 0.05) is 23.1 Å². The minimum absolute atomic E-state index is 0.0563. The van der Waals surface area contributed by atoms with Crippen molar-refractivity contribution in [2.75, 3.05) is 0 Å².